The Morgan fingerprint density at radius 3 is 2.90 bits per heavy atom. The van der Waals surface area contributed by atoms with Crippen molar-refractivity contribution in [2.75, 3.05) is 26.2 Å². The van der Waals surface area contributed by atoms with E-state index in [1.807, 2.05) is 0 Å². The van der Waals surface area contributed by atoms with Crippen molar-refractivity contribution in [1.82, 2.24) is 4.90 Å². The van der Waals surface area contributed by atoms with Crippen molar-refractivity contribution in [3.63, 3.8) is 0 Å². The number of hydrogen-bond donors (Lipinski definition) is 1. The highest BCUT2D eigenvalue weighted by molar-refractivity contribution is 4.73. The van der Waals surface area contributed by atoms with Crippen LogP contribution in [0, 0.1) is 5.92 Å². The summed E-state index contributed by atoms with van der Waals surface area (Å²) in [6, 6.07) is 0. The Kier molecular flexibility index (Phi) is 3.16. The largest absolute Gasteiger partial charge is 0.396 e. The fourth-order valence-electron chi connectivity index (χ4n) is 1.58. The number of likely N-dealkylation sites (tertiary alicyclic amines) is 1. The standard InChI is InChI=1S/C8H17NO/c1-2-4-9-5-3-8(6-9)7-10/h8,10H,2-7H2,1H3/t8-/m0/s1. The quantitative estimate of drug-likeness (QED) is 0.629. The summed E-state index contributed by atoms with van der Waals surface area (Å²) in [6.45, 7) is 6.09. The third kappa shape index (κ3) is 1.96. The van der Waals surface area contributed by atoms with E-state index in [9.17, 15) is 0 Å². The minimum atomic E-state index is 0.375. The van der Waals surface area contributed by atoms with Crippen LogP contribution in [0.2, 0.25) is 0 Å². The summed E-state index contributed by atoms with van der Waals surface area (Å²) in [4.78, 5) is 2.43. The third-order valence-corrected chi connectivity index (χ3v) is 2.17. The molecule has 1 atom stereocenters. The summed E-state index contributed by atoms with van der Waals surface area (Å²) in [7, 11) is 0. The van der Waals surface area contributed by atoms with Crippen LogP contribution in [0.25, 0.3) is 0 Å². The van der Waals surface area contributed by atoms with Gasteiger partial charge in [0.2, 0.25) is 0 Å². The molecule has 1 aliphatic rings. The summed E-state index contributed by atoms with van der Waals surface area (Å²) in [5.41, 5.74) is 0. The Morgan fingerprint density at radius 2 is 2.40 bits per heavy atom. The molecule has 0 aromatic carbocycles. The van der Waals surface area contributed by atoms with Gasteiger partial charge in [-0.15, -0.1) is 0 Å². The van der Waals surface area contributed by atoms with E-state index < -0.39 is 0 Å². The van der Waals surface area contributed by atoms with Crippen LogP contribution < -0.4 is 0 Å². The SMILES string of the molecule is CCCN1CC[C@H](CO)C1. The molecule has 0 unspecified atom stereocenters. The second-order valence-corrected chi connectivity index (χ2v) is 3.14. The molecule has 10 heavy (non-hydrogen) atoms. The van der Waals surface area contributed by atoms with Gasteiger partial charge in [-0.25, -0.2) is 0 Å². The van der Waals surface area contributed by atoms with E-state index in [0.717, 1.165) is 6.54 Å². The molecule has 1 aliphatic heterocycles. The van der Waals surface area contributed by atoms with Gasteiger partial charge in [0.1, 0.15) is 0 Å². The van der Waals surface area contributed by atoms with E-state index in [2.05, 4.69) is 11.8 Å². The highest BCUT2D eigenvalue weighted by atomic mass is 16.3. The average Bonchev–Trinajstić information content (AvgIpc) is 2.37. The first-order valence-electron chi connectivity index (χ1n) is 4.20. The zero-order valence-electron chi connectivity index (χ0n) is 6.71. The molecule has 60 valence electrons. The third-order valence-electron chi connectivity index (χ3n) is 2.17. The lowest BCUT2D eigenvalue weighted by molar-refractivity contribution is 0.222. The summed E-state index contributed by atoms with van der Waals surface area (Å²) in [5.74, 6) is 0.562. The van der Waals surface area contributed by atoms with Crippen LogP contribution >= 0.6 is 0 Å². The monoisotopic (exact) mass is 143 g/mol. The summed E-state index contributed by atoms with van der Waals surface area (Å²) < 4.78 is 0. The van der Waals surface area contributed by atoms with E-state index in [1.54, 1.807) is 0 Å². The van der Waals surface area contributed by atoms with Crippen LogP contribution in [-0.4, -0.2) is 36.2 Å². The zero-order valence-corrected chi connectivity index (χ0v) is 6.71. The molecule has 0 saturated carbocycles. The van der Waals surface area contributed by atoms with Crippen LogP contribution in [0.3, 0.4) is 0 Å². The molecule has 1 N–H and O–H groups in total. The minimum absolute atomic E-state index is 0.375. The Bertz CT molecular complexity index is 95.3. The predicted molar refractivity (Wildman–Crippen MR) is 41.9 cm³/mol. The van der Waals surface area contributed by atoms with Crippen LogP contribution in [0.5, 0.6) is 0 Å². The molecule has 2 nitrogen and oxygen atoms in total. The lowest BCUT2D eigenvalue weighted by Crippen LogP contribution is -2.22. The summed E-state index contributed by atoms with van der Waals surface area (Å²) in [5, 5.41) is 8.83. The first-order chi connectivity index (χ1) is 4.86. The first kappa shape index (κ1) is 8.02. The molecule has 0 aliphatic carbocycles. The fraction of sp³-hybridized carbons (Fsp3) is 1.00. The van der Waals surface area contributed by atoms with Crippen molar-refractivity contribution in [1.29, 1.82) is 0 Å². The van der Waals surface area contributed by atoms with Gasteiger partial charge in [0.25, 0.3) is 0 Å². The van der Waals surface area contributed by atoms with E-state index in [1.165, 1.54) is 25.9 Å². The van der Waals surface area contributed by atoms with Gasteiger partial charge in [-0.3, -0.25) is 0 Å². The molecule has 0 aromatic heterocycles. The van der Waals surface area contributed by atoms with Crippen LogP contribution in [-0.2, 0) is 0 Å². The molecule has 0 aromatic rings. The highest BCUT2D eigenvalue weighted by Crippen LogP contribution is 2.14. The van der Waals surface area contributed by atoms with Crippen LogP contribution in [0.15, 0.2) is 0 Å². The zero-order chi connectivity index (χ0) is 7.40. The smallest absolute Gasteiger partial charge is 0.0471 e. The Hall–Kier alpha value is -0.0800. The van der Waals surface area contributed by atoms with Crippen molar-refractivity contribution in [3.05, 3.63) is 0 Å². The van der Waals surface area contributed by atoms with Gasteiger partial charge in [-0.1, -0.05) is 6.92 Å². The number of aliphatic hydroxyl groups excluding tert-OH is 1. The molecular formula is C8H17NO. The van der Waals surface area contributed by atoms with Gasteiger partial charge in [0.15, 0.2) is 0 Å². The molecule has 0 amide bonds. The number of aliphatic hydroxyl groups is 1. The van der Waals surface area contributed by atoms with Gasteiger partial charge in [-0.05, 0) is 31.8 Å². The second kappa shape index (κ2) is 3.94. The summed E-state index contributed by atoms with van der Waals surface area (Å²) >= 11 is 0. The van der Waals surface area contributed by atoms with Gasteiger partial charge in [0.05, 0.1) is 0 Å². The minimum Gasteiger partial charge on any atom is -0.396 e. The van der Waals surface area contributed by atoms with Gasteiger partial charge in [-0.2, -0.15) is 0 Å². The molecule has 1 saturated heterocycles. The topological polar surface area (TPSA) is 23.5 Å². The number of rotatable bonds is 3. The second-order valence-electron chi connectivity index (χ2n) is 3.14. The Morgan fingerprint density at radius 1 is 1.60 bits per heavy atom. The molecule has 0 bridgehead atoms. The molecule has 1 rings (SSSR count). The number of nitrogens with zero attached hydrogens (tertiary/aromatic N) is 1. The van der Waals surface area contributed by atoms with Crippen LogP contribution in [0.1, 0.15) is 19.8 Å². The van der Waals surface area contributed by atoms with Crippen molar-refractivity contribution in [2.45, 2.75) is 19.8 Å². The molecule has 0 spiro atoms. The lowest BCUT2D eigenvalue weighted by atomic mass is 10.1. The fourth-order valence-corrected chi connectivity index (χ4v) is 1.58. The highest BCUT2D eigenvalue weighted by Gasteiger charge is 2.20. The van der Waals surface area contributed by atoms with Gasteiger partial charge in [0, 0.05) is 13.2 Å². The molecule has 1 fully saturated rings. The Labute approximate surface area is 62.8 Å². The summed E-state index contributed by atoms with van der Waals surface area (Å²) in [6.07, 6.45) is 2.43. The van der Waals surface area contributed by atoms with Gasteiger partial charge < -0.3 is 10.0 Å². The normalized spacial score (nSPS) is 27.6. The average molecular weight is 143 g/mol. The molecular weight excluding hydrogens is 126 g/mol. The predicted octanol–water partition coefficient (Wildman–Crippen LogP) is 0.711. The van der Waals surface area contributed by atoms with Crippen molar-refractivity contribution < 1.29 is 5.11 Å². The van der Waals surface area contributed by atoms with Crippen molar-refractivity contribution in [3.8, 4) is 0 Å². The van der Waals surface area contributed by atoms with Crippen LogP contribution in [0.4, 0.5) is 0 Å². The van der Waals surface area contributed by atoms with Crippen molar-refractivity contribution in [2.24, 2.45) is 5.92 Å². The lowest BCUT2D eigenvalue weighted by Gasteiger charge is -2.13. The maximum absolute atomic E-state index is 8.83. The van der Waals surface area contributed by atoms with Crippen molar-refractivity contribution >= 4 is 0 Å². The van der Waals surface area contributed by atoms with E-state index in [4.69, 9.17) is 5.11 Å². The first-order valence-corrected chi connectivity index (χ1v) is 4.20. The number of hydrogen-bond acceptors (Lipinski definition) is 2. The Balaban J connectivity index is 2.15. The van der Waals surface area contributed by atoms with Gasteiger partial charge >= 0.3 is 0 Å². The molecule has 0 radical (unpaired) electrons. The molecule has 2 heteroatoms. The maximum Gasteiger partial charge on any atom is 0.0471 e. The molecule has 1 heterocycles. The van der Waals surface area contributed by atoms with E-state index in [0.29, 0.717) is 12.5 Å². The maximum atomic E-state index is 8.83. The van der Waals surface area contributed by atoms with E-state index >= 15 is 0 Å². The van der Waals surface area contributed by atoms with E-state index in [-0.39, 0.29) is 0 Å².